The molecular formula is C34H40N6O5. The number of hydrogen-bond donors (Lipinski definition) is 4. The minimum absolute atomic E-state index is 0.0604. The fourth-order valence-electron chi connectivity index (χ4n) is 6.17. The highest BCUT2D eigenvalue weighted by molar-refractivity contribution is 6.23. The Labute approximate surface area is 261 Å². The highest BCUT2D eigenvalue weighted by Gasteiger charge is 2.41. The Bertz CT molecular complexity index is 1780. The van der Waals surface area contributed by atoms with Gasteiger partial charge < -0.3 is 30.0 Å². The summed E-state index contributed by atoms with van der Waals surface area (Å²) in [7, 11) is 2.04. The third kappa shape index (κ3) is 5.97. The van der Waals surface area contributed by atoms with E-state index in [9.17, 15) is 19.5 Å². The van der Waals surface area contributed by atoms with Crippen LogP contribution in [0.1, 0.15) is 65.5 Å². The molecule has 2 aromatic carbocycles. The van der Waals surface area contributed by atoms with Crippen molar-refractivity contribution in [1.82, 2.24) is 24.8 Å². The number of imide groups is 1. The third-order valence-electron chi connectivity index (χ3n) is 8.67. The molecule has 236 valence electrons. The third-order valence-corrected chi connectivity index (χ3v) is 8.67. The fourth-order valence-corrected chi connectivity index (χ4v) is 6.17. The van der Waals surface area contributed by atoms with Crippen molar-refractivity contribution >= 4 is 28.5 Å². The average Bonchev–Trinajstić information content (AvgIpc) is 3.51. The second kappa shape index (κ2) is 11.8. The number of H-pyrrole nitrogens is 2. The summed E-state index contributed by atoms with van der Waals surface area (Å²) in [6, 6.07) is 10.9. The zero-order chi connectivity index (χ0) is 32.0. The summed E-state index contributed by atoms with van der Waals surface area (Å²) in [5, 5.41) is 14.0. The van der Waals surface area contributed by atoms with E-state index in [0.29, 0.717) is 27.8 Å². The van der Waals surface area contributed by atoms with Gasteiger partial charge >= 0.3 is 0 Å². The number of fused-ring (bicyclic) bond motifs is 2. The number of aliphatic hydroxyl groups excluding tert-OH is 1. The van der Waals surface area contributed by atoms with E-state index in [4.69, 9.17) is 4.74 Å². The van der Waals surface area contributed by atoms with Gasteiger partial charge in [0.1, 0.15) is 29.8 Å². The molecule has 2 amide bonds. The number of anilines is 1. The molecule has 4 aromatic rings. The van der Waals surface area contributed by atoms with E-state index >= 15 is 0 Å². The van der Waals surface area contributed by atoms with Gasteiger partial charge in [-0.05, 0) is 80.7 Å². The summed E-state index contributed by atoms with van der Waals surface area (Å²) < 4.78 is 6.04. The van der Waals surface area contributed by atoms with E-state index in [-0.39, 0.29) is 53.4 Å². The number of amides is 2. The molecule has 0 spiro atoms. The maximum Gasteiger partial charge on any atom is 0.261 e. The Kier molecular flexibility index (Phi) is 8.00. The highest BCUT2D eigenvalue weighted by atomic mass is 16.5. The van der Waals surface area contributed by atoms with Crippen LogP contribution in [0.25, 0.3) is 22.4 Å². The van der Waals surface area contributed by atoms with Crippen LogP contribution in [-0.2, 0) is 5.41 Å². The van der Waals surface area contributed by atoms with Crippen molar-refractivity contribution in [2.75, 3.05) is 38.6 Å². The first-order valence-electron chi connectivity index (χ1n) is 15.4. The number of pyridine rings is 1. The van der Waals surface area contributed by atoms with Gasteiger partial charge in [0.15, 0.2) is 0 Å². The van der Waals surface area contributed by atoms with Crippen LogP contribution in [0, 0.1) is 6.92 Å². The second-order valence-corrected chi connectivity index (χ2v) is 13.2. The van der Waals surface area contributed by atoms with Gasteiger partial charge in [0.25, 0.3) is 17.4 Å². The number of likely N-dealkylation sites (tertiary alicyclic amines) is 1. The van der Waals surface area contributed by atoms with Crippen LogP contribution in [0.15, 0.2) is 47.4 Å². The van der Waals surface area contributed by atoms with E-state index in [1.165, 1.54) is 11.1 Å². The first-order chi connectivity index (χ1) is 21.4. The summed E-state index contributed by atoms with van der Waals surface area (Å²) >= 11 is 0. The molecule has 2 aliphatic rings. The summed E-state index contributed by atoms with van der Waals surface area (Å²) in [6.07, 6.45) is 2.15. The van der Waals surface area contributed by atoms with Crippen LogP contribution in [0.3, 0.4) is 0 Å². The Morgan fingerprint density at radius 3 is 2.49 bits per heavy atom. The van der Waals surface area contributed by atoms with E-state index < -0.39 is 6.10 Å². The van der Waals surface area contributed by atoms with Crippen molar-refractivity contribution in [2.24, 2.45) is 0 Å². The van der Waals surface area contributed by atoms with E-state index in [1.807, 2.05) is 26.1 Å². The summed E-state index contributed by atoms with van der Waals surface area (Å²) in [5.41, 5.74) is 4.04. The first-order valence-corrected chi connectivity index (χ1v) is 15.4. The molecule has 11 heteroatoms. The molecule has 1 saturated heterocycles. The van der Waals surface area contributed by atoms with Crippen LogP contribution >= 0.6 is 0 Å². The van der Waals surface area contributed by atoms with Gasteiger partial charge in [-0.3, -0.25) is 19.3 Å². The number of benzene rings is 2. The SMILES string of the molecule is Cc1ccc(C(C)(C)C)c(OCC(O)CNc2cc[nH]c(=O)c2-c2nc3cc4c(cc3[nH]2)C(=O)N(C2CCN(C)CC2)C4=O)c1. The summed E-state index contributed by atoms with van der Waals surface area (Å²) in [5.74, 6) is 0.427. The molecule has 1 unspecified atom stereocenters. The van der Waals surface area contributed by atoms with Gasteiger partial charge in [-0.1, -0.05) is 32.9 Å². The molecule has 1 fully saturated rings. The number of hydrogen-bond acceptors (Lipinski definition) is 8. The standard InChI is InChI=1S/C34H40N6O5/c1-19-6-7-24(34(2,3)4)28(14-19)45-18-21(41)17-36-25-8-11-35-31(42)29(25)30-37-26-15-22-23(16-27(26)38-30)33(44)40(32(22)43)20-9-12-39(5)13-10-20/h6-8,11,14-16,20-21,41H,9-10,12-13,17-18H2,1-5H3,(H,37,38)(H2,35,36,42). The molecular weight excluding hydrogens is 572 g/mol. The smallest absolute Gasteiger partial charge is 0.261 e. The molecule has 6 rings (SSSR count). The fraction of sp³-hybridized carbons (Fsp3) is 0.412. The molecule has 4 heterocycles. The predicted molar refractivity (Wildman–Crippen MR) is 173 cm³/mol. The monoisotopic (exact) mass is 612 g/mol. The Morgan fingerprint density at radius 2 is 1.78 bits per heavy atom. The molecule has 0 aliphatic carbocycles. The van der Waals surface area contributed by atoms with Gasteiger partial charge in [0.2, 0.25) is 0 Å². The molecule has 2 aliphatic heterocycles. The molecule has 2 aromatic heterocycles. The topological polar surface area (TPSA) is 144 Å². The van der Waals surface area contributed by atoms with Crippen LogP contribution in [0.5, 0.6) is 5.75 Å². The molecule has 0 saturated carbocycles. The number of aromatic amines is 2. The Hall–Kier alpha value is -4.48. The first kappa shape index (κ1) is 30.5. The quantitative estimate of drug-likeness (QED) is 0.218. The van der Waals surface area contributed by atoms with Crippen LogP contribution < -0.4 is 15.6 Å². The number of nitrogens with zero attached hydrogens (tertiary/aromatic N) is 3. The Morgan fingerprint density at radius 1 is 1.07 bits per heavy atom. The van der Waals surface area contributed by atoms with Gasteiger partial charge in [0, 0.05) is 18.8 Å². The highest BCUT2D eigenvalue weighted by Crippen LogP contribution is 2.34. The lowest BCUT2D eigenvalue weighted by atomic mass is 9.86. The molecule has 11 nitrogen and oxygen atoms in total. The van der Waals surface area contributed by atoms with Gasteiger partial charge in [-0.2, -0.15) is 0 Å². The summed E-state index contributed by atoms with van der Waals surface area (Å²) in [4.78, 5) is 53.8. The van der Waals surface area contributed by atoms with Gasteiger partial charge in [-0.15, -0.1) is 0 Å². The number of carbonyl (C=O) groups is 2. The van der Waals surface area contributed by atoms with Crippen molar-refractivity contribution in [1.29, 1.82) is 0 Å². The number of ether oxygens (including phenoxy) is 1. The van der Waals surface area contributed by atoms with Crippen LogP contribution in [0.2, 0.25) is 0 Å². The molecule has 45 heavy (non-hydrogen) atoms. The lowest BCUT2D eigenvalue weighted by molar-refractivity contribution is 0.0516. The molecule has 0 bridgehead atoms. The number of imidazole rings is 1. The lowest BCUT2D eigenvalue weighted by Gasteiger charge is -2.33. The van der Waals surface area contributed by atoms with Crippen molar-refractivity contribution in [3.63, 3.8) is 0 Å². The number of nitrogens with one attached hydrogen (secondary N) is 3. The molecule has 1 atom stereocenters. The van der Waals surface area contributed by atoms with E-state index in [1.54, 1.807) is 18.2 Å². The molecule has 0 radical (unpaired) electrons. The van der Waals surface area contributed by atoms with Crippen molar-refractivity contribution in [3.8, 4) is 17.1 Å². The minimum atomic E-state index is -0.867. The number of aliphatic hydroxyl groups is 1. The normalized spacial score (nSPS) is 16.8. The van der Waals surface area contributed by atoms with Gasteiger partial charge in [0.05, 0.1) is 27.8 Å². The minimum Gasteiger partial charge on any atom is -0.491 e. The summed E-state index contributed by atoms with van der Waals surface area (Å²) in [6.45, 7) is 10.2. The van der Waals surface area contributed by atoms with Crippen molar-refractivity contribution in [3.05, 3.63) is 75.2 Å². The van der Waals surface area contributed by atoms with Gasteiger partial charge in [-0.25, -0.2) is 4.98 Å². The second-order valence-electron chi connectivity index (χ2n) is 13.2. The van der Waals surface area contributed by atoms with Crippen LogP contribution in [-0.4, -0.2) is 87.1 Å². The maximum atomic E-state index is 13.4. The van der Waals surface area contributed by atoms with Crippen molar-refractivity contribution in [2.45, 2.75) is 58.1 Å². The maximum absolute atomic E-state index is 13.4. The Balaban J connectivity index is 1.19. The largest absolute Gasteiger partial charge is 0.491 e. The zero-order valence-electron chi connectivity index (χ0n) is 26.4. The number of aromatic nitrogens is 3. The van der Waals surface area contributed by atoms with Crippen LogP contribution in [0.4, 0.5) is 5.69 Å². The van der Waals surface area contributed by atoms with Crippen molar-refractivity contribution < 1.29 is 19.4 Å². The average molecular weight is 613 g/mol. The number of rotatable bonds is 8. The number of carbonyl (C=O) groups excluding carboxylic acids is 2. The van der Waals surface area contributed by atoms with E-state index in [0.717, 1.165) is 42.8 Å². The number of aryl methyl sites for hydroxylation is 1. The zero-order valence-corrected chi connectivity index (χ0v) is 26.4. The lowest BCUT2D eigenvalue weighted by Crippen LogP contribution is -2.46. The predicted octanol–water partition coefficient (Wildman–Crippen LogP) is 4.07. The number of piperidine rings is 1. The van der Waals surface area contributed by atoms with E-state index in [2.05, 4.69) is 52.0 Å². The molecule has 4 N–H and O–H groups in total.